The largest absolute Gasteiger partial charge is 0.313 e. The number of rotatable bonds is 7. The van der Waals surface area contributed by atoms with E-state index in [9.17, 15) is 8.42 Å². The molecule has 0 aromatic carbocycles. The monoisotopic (exact) mass is 221 g/mol. The summed E-state index contributed by atoms with van der Waals surface area (Å²) in [6, 6.07) is 0.0940. The van der Waals surface area contributed by atoms with Gasteiger partial charge in [-0.1, -0.05) is 27.7 Å². The molecule has 0 aliphatic heterocycles. The Bertz CT molecular complexity index is 235. The van der Waals surface area contributed by atoms with Gasteiger partial charge in [-0.25, -0.2) is 8.42 Å². The number of sulfone groups is 1. The van der Waals surface area contributed by atoms with Crippen LogP contribution in [-0.4, -0.2) is 32.5 Å². The first-order valence-corrected chi connectivity index (χ1v) is 7.18. The highest BCUT2D eigenvalue weighted by Gasteiger charge is 2.20. The van der Waals surface area contributed by atoms with E-state index < -0.39 is 9.84 Å². The molecule has 0 aromatic heterocycles. The molecule has 1 unspecified atom stereocenters. The summed E-state index contributed by atoms with van der Waals surface area (Å²) in [4.78, 5) is 0. The molecule has 86 valence electrons. The Balaban J connectivity index is 4.28. The van der Waals surface area contributed by atoms with Crippen LogP contribution in [0.2, 0.25) is 0 Å². The molecule has 14 heavy (non-hydrogen) atoms. The highest BCUT2D eigenvalue weighted by atomic mass is 32.2. The van der Waals surface area contributed by atoms with Crippen LogP contribution in [-0.2, 0) is 9.84 Å². The highest BCUT2D eigenvalue weighted by molar-refractivity contribution is 7.91. The van der Waals surface area contributed by atoms with E-state index in [1.54, 1.807) is 0 Å². The summed E-state index contributed by atoms with van der Waals surface area (Å²) in [5, 5.41) is 3.22. The van der Waals surface area contributed by atoms with E-state index in [0.717, 1.165) is 6.54 Å². The summed E-state index contributed by atoms with van der Waals surface area (Å²) >= 11 is 0. The van der Waals surface area contributed by atoms with Gasteiger partial charge in [0.05, 0.1) is 5.75 Å². The van der Waals surface area contributed by atoms with Crippen LogP contribution in [0, 0.1) is 5.92 Å². The number of hydrogen-bond acceptors (Lipinski definition) is 3. The van der Waals surface area contributed by atoms with E-state index >= 15 is 0 Å². The smallest absolute Gasteiger partial charge is 0.151 e. The standard InChI is InChI=1S/C10H23NO2S/c1-5-7-14(12,13)8-10(9(3)4)11-6-2/h9-11H,5-8H2,1-4H3. The lowest BCUT2D eigenvalue weighted by Crippen LogP contribution is -2.40. The Morgan fingerprint density at radius 3 is 2.14 bits per heavy atom. The zero-order chi connectivity index (χ0) is 11.2. The molecular weight excluding hydrogens is 198 g/mol. The van der Waals surface area contributed by atoms with E-state index in [4.69, 9.17) is 0 Å². The molecule has 0 heterocycles. The minimum Gasteiger partial charge on any atom is -0.313 e. The van der Waals surface area contributed by atoms with Gasteiger partial charge in [-0.3, -0.25) is 0 Å². The summed E-state index contributed by atoms with van der Waals surface area (Å²) in [5.41, 5.74) is 0. The predicted molar refractivity (Wildman–Crippen MR) is 61.2 cm³/mol. The predicted octanol–water partition coefficient (Wildman–Crippen LogP) is 1.45. The van der Waals surface area contributed by atoms with Gasteiger partial charge in [0, 0.05) is 11.8 Å². The van der Waals surface area contributed by atoms with Crippen LogP contribution in [0.4, 0.5) is 0 Å². The molecule has 0 radical (unpaired) electrons. The third kappa shape index (κ3) is 5.60. The lowest BCUT2D eigenvalue weighted by Gasteiger charge is -2.21. The molecule has 0 aromatic rings. The molecule has 1 atom stereocenters. The molecule has 0 fully saturated rings. The Morgan fingerprint density at radius 1 is 1.21 bits per heavy atom. The molecule has 0 aliphatic carbocycles. The minimum atomic E-state index is -2.86. The van der Waals surface area contributed by atoms with Crippen molar-refractivity contribution in [3.8, 4) is 0 Å². The molecule has 3 nitrogen and oxygen atoms in total. The molecule has 4 heteroatoms. The first kappa shape index (κ1) is 13.9. The van der Waals surface area contributed by atoms with Crippen LogP contribution in [0.5, 0.6) is 0 Å². The van der Waals surface area contributed by atoms with Gasteiger partial charge in [0.15, 0.2) is 9.84 Å². The lowest BCUT2D eigenvalue weighted by atomic mass is 10.1. The Kier molecular flexibility index (Phi) is 6.36. The van der Waals surface area contributed by atoms with Gasteiger partial charge in [-0.05, 0) is 18.9 Å². The van der Waals surface area contributed by atoms with Gasteiger partial charge in [-0.15, -0.1) is 0 Å². The third-order valence-electron chi connectivity index (χ3n) is 2.22. The third-order valence-corrected chi connectivity index (χ3v) is 4.12. The fourth-order valence-corrected chi connectivity index (χ4v) is 3.26. The average Bonchev–Trinajstić information content (AvgIpc) is 2.02. The van der Waals surface area contributed by atoms with Crippen LogP contribution in [0.15, 0.2) is 0 Å². The second-order valence-electron chi connectivity index (χ2n) is 4.02. The molecule has 0 bridgehead atoms. The van der Waals surface area contributed by atoms with Crippen molar-refractivity contribution in [1.82, 2.24) is 5.32 Å². The summed E-state index contributed by atoms with van der Waals surface area (Å²) in [5.74, 6) is 0.940. The van der Waals surface area contributed by atoms with Crippen molar-refractivity contribution >= 4 is 9.84 Å². The van der Waals surface area contributed by atoms with Crippen LogP contribution < -0.4 is 5.32 Å². The summed E-state index contributed by atoms with van der Waals surface area (Å²) in [7, 11) is -2.86. The maximum absolute atomic E-state index is 11.6. The molecule has 0 amide bonds. The van der Waals surface area contributed by atoms with Crippen molar-refractivity contribution in [2.45, 2.75) is 40.2 Å². The molecule has 0 spiro atoms. The second kappa shape index (κ2) is 6.40. The van der Waals surface area contributed by atoms with Crippen molar-refractivity contribution in [1.29, 1.82) is 0 Å². The molecule has 0 saturated heterocycles. The first-order valence-electron chi connectivity index (χ1n) is 5.36. The van der Waals surface area contributed by atoms with Gasteiger partial charge < -0.3 is 5.32 Å². The van der Waals surface area contributed by atoms with Gasteiger partial charge in [0.1, 0.15) is 0 Å². The highest BCUT2D eigenvalue weighted by Crippen LogP contribution is 2.06. The van der Waals surface area contributed by atoms with Crippen LogP contribution >= 0.6 is 0 Å². The van der Waals surface area contributed by atoms with E-state index in [-0.39, 0.29) is 11.8 Å². The molecule has 0 rings (SSSR count). The first-order chi connectivity index (χ1) is 6.43. The van der Waals surface area contributed by atoms with Gasteiger partial charge in [0.2, 0.25) is 0 Å². The minimum absolute atomic E-state index is 0.0940. The second-order valence-corrected chi connectivity index (χ2v) is 6.25. The Morgan fingerprint density at radius 2 is 1.79 bits per heavy atom. The maximum Gasteiger partial charge on any atom is 0.151 e. The van der Waals surface area contributed by atoms with Gasteiger partial charge in [0.25, 0.3) is 0 Å². The van der Waals surface area contributed by atoms with Crippen LogP contribution in [0.25, 0.3) is 0 Å². The normalized spacial score (nSPS) is 14.6. The molecule has 1 N–H and O–H groups in total. The van der Waals surface area contributed by atoms with Crippen molar-refractivity contribution < 1.29 is 8.42 Å². The fourth-order valence-electron chi connectivity index (χ4n) is 1.42. The van der Waals surface area contributed by atoms with E-state index in [0.29, 0.717) is 18.1 Å². The van der Waals surface area contributed by atoms with Crippen molar-refractivity contribution in [3.63, 3.8) is 0 Å². The van der Waals surface area contributed by atoms with Crippen molar-refractivity contribution in [2.24, 2.45) is 5.92 Å². The fraction of sp³-hybridized carbons (Fsp3) is 1.00. The van der Waals surface area contributed by atoms with Crippen molar-refractivity contribution in [2.75, 3.05) is 18.1 Å². The zero-order valence-electron chi connectivity index (χ0n) is 9.71. The molecule has 0 aliphatic rings. The van der Waals surface area contributed by atoms with Crippen LogP contribution in [0.1, 0.15) is 34.1 Å². The van der Waals surface area contributed by atoms with E-state index in [1.807, 2.05) is 13.8 Å². The van der Waals surface area contributed by atoms with Gasteiger partial charge in [-0.2, -0.15) is 0 Å². The Labute approximate surface area is 88.2 Å². The zero-order valence-corrected chi connectivity index (χ0v) is 10.5. The molecular formula is C10H23NO2S. The summed E-state index contributed by atoms with van der Waals surface area (Å²) < 4.78 is 23.2. The summed E-state index contributed by atoms with van der Waals surface area (Å²) in [6.07, 6.45) is 0.708. The van der Waals surface area contributed by atoms with Crippen molar-refractivity contribution in [3.05, 3.63) is 0 Å². The SMILES string of the molecule is CCCS(=O)(=O)CC(NCC)C(C)C. The molecule has 0 saturated carbocycles. The topological polar surface area (TPSA) is 46.2 Å². The maximum atomic E-state index is 11.6. The average molecular weight is 221 g/mol. The quantitative estimate of drug-likeness (QED) is 0.707. The lowest BCUT2D eigenvalue weighted by molar-refractivity contribution is 0.435. The van der Waals surface area contributed by atoms with Crippen LogP contribution in [0.3, 0.4) is 0 Å². The van der Waals surface area contributed by atoms with E-state index in [1.165, 1.54) is 0 Å². The number of nitrogens with one attached hydrogen (secondary N) is 1. The summed E-state index contributed by atoms with van der Waals surface area (Å²) in [6.45, 7) is 8.82. The van der Waals surface area contributed by atoms with E-state index in [2.05, 4.69) is 19.2 Å². The number of hydrogen-bond donors (Lipinski definition) is 1. The Hall–Kier alpha value is -0.0900. The van der Waals surface area contributed by atoms with Gasteiger partial charge >= 0.3 is 0 Å².